The molecular weight excluding hydrogens is 264 g/mol. The molecule has 5 heteroatoms. The van der Waals surface area contributed by atoms with Crippen LogP contribution in [0.3, 0.4) is 0 Å². The first-order valence-corrected chi connectivity index (χ1v) is 7.12. The number of rotatable bonds is 6. The fourth-order valence-corrected chi connectivity index (χ4v) is 1.94. The van der Waals surface area contributed by atoms with Crippen LogP contribution in [-0.2, 0) is 6.54 Å². The number of ether oxygens (including phenoxy) is 1. The van der Waals surface area contributed by atoms with Gasteiger partial charge in [0.05, 0.1) is 6.61 Å². The fourth-order valence-electron chi connectivity index (χ4n) is 1.94. The largest absolute Gasteiger partial charge is 0.478 e. The maximum atomic E-state index is 5.70. The molecule has 0 radical (unpaired) electrons. The molecule has 112 valence electrons. The molecule has 5 nitrogen and oxygen atoms in total. The van der Waals surface area contributed by atoms with Gasteiger partial charge in [0.1, 0.15) is 0 Å². The van der Waals surface area contributed by atoms with Crippen LogP contribution in [0.1, 0.15) is 24.6 Å². The summed E-state index contributed by atoms with van der Waals surface area (Å²) in [6.45, 7) is 5.40. The van der Waals surface area contributed by atoms with Crippen molar-refractivity contribution in [3.05, 3.63) is 41.6 Å². The summed E-state index contributed by atoms with van der Waals surface area (Å²) in [6.07, 6.45) is 0.958. The molecular formula is C16H22N4O. The summed E-state index contributed by atoms with van der Waals surface area (Å²) in [5.74, 6) is 1.29. The van der Waals surface area contributed by atoms with Crippen molar-refractivity contribution >= 4 is 11.6 Å². The Labute approximate surface area is 125 Å². The van der Waals surface area contributed by atoms with Gasteiger partial charge in [-0.15, -0.1) is 0 Å². The highest BCUT2D eigenvalue weighted by atomic mass is 16.5. The Morgan fingerprint density at radius 1 is 1.19 bits per heavy atom. The molecule has 0 unspecified atom stereocenters. The average molecular weight is 286 g/mol. The SMILES string of the molecule is CCCOc1cc(C)nc(N(C)Cc2ccc(N)cc2)n1. The maximum absolute atomic E-state index is 5.70. The minimum absolute atomic E-state index is 0.628. The van der Waals surface area contributed by atoms with Crippen molar-refractivity contribution in [1.82, 2.24) is 9.97 Å². The van der Waals surface area contributed by atoms with Gasteiger partial charge in [-0.3, -0.25) is 0 Å². The number of nitrogen functional groups attached to an aromatic ring is 1. The van der Waals surface area contributed by atoms with Gasteiger partial charge in [0.25, 0.3) is 0 Å². The van der Waals surface area contributed by atoms with E-state index in [2.05, 4.69) is 16.9 Å². The smallest absolute Gasteiger partial charge is 0.228 e. The molecule has 1 heterocycles. The van der Waals surface area contributed by atoms with E-state index in [0.29, 0.717) is 18.4 Å². The van der Waals surface area contributed by atoms with Gasteiger partial charge in [-0.25, -0.2) is 4.98 Å². The van der Waals surface area contributed by atoms with Gasteiger partial charge in [0.15, 0.2) is 0 Å². The molecule has 0 saturated heterocycles. The third kappa shape index (κ3) is 4.34. The van der Waals surface area contributed by atoms with Crippen LogP contribution in [-0.4, -0.2) is 23.6 Å². The van der Waals surface area contributed by atoms with Crippen molar-refractivity contribution in [2.75, 3.05) is 24.3 Å². The molecule has 0 saturated carbocycles. The lowest BCUT2D eigenvalue weighted by Gasteiger charge is -2.18. The minimum atomic E-state index is 0.628. The monoisotopic (exact) mass is 286 g/mol. The molecule has 0 fully saturated rings. The van der Waals surface area contributed by atoms with Crippen LogP contribution in [0.25, 0.3) is 0 Å². The normalized spacial score (nSPS) is 10.4. The van der Waals surface area contributed by atoms with Crippen molar-refractivity contribution in [3.8, 4) is 5.88 Å². The zero-order valence-corrected chi connectivity index (χ0v) is 12.8. The first kappa shape index (κ1) is 15.1. The van der Waals surface area contributed by atoms with Crippen LogP contribution in [0.2, 0.25) is 0 Å². The summed E-state index contributed by atoms with van der Waals surface area (Å²) >= 11 is 0. The van der Waals surface area contributed by atoms with Crippen LogP contribution in [0.5, 0.6) is 5.88 Å². The lowest BCUT2D eigenvalue weighted by molar-refractivity contribution is 0.304. The molecule has 2 rings (SSSR count). The number of hydrogen-bond acceptors (Lipinski definition) is 5. The lowest BCUT2D eigenvalue weighted by Crippen LogP contribution is -2.19. The first-order chi connectivity index (χ1) is 10.1. The Balaban J connectivity index is 2.12. The van der Waals surface area contributed by atoms with Gasteiger partial charge in [-0.05, 0) is 31.0 Å². The highest BCUT2D eigenvalue weighted by molar-refractivity contribution is 5.41. The minimum Gasteiger partial charge on any atom is -0.478 e. The highest BCUT2D eigenvalue weighted by Crippen LogP contribution is 2.17. The number of nitrogens with two attached hydrogens (primary N) is 1. The van der Waals surface area contributed by atoms with Gasteiger partial charge in [0.2, 0.25) is 11.8 Å². The second kappa shape index (κ2) is 6.92. The Bertz CT molecular complexity index is 583. The Morgan fingerprint density at radius 2 is 1.90 bits per heavy atom. The summed E-state index contributed by atoms with van der Waals surface area (Å²) in [5.41, 5.74) is 8.53. The molecule has 0 aliphatic heterocycles. The van der Waals surface area contributed by atoms with E-state index in [4.69, 9.17) is 10.5 Å². The number of benzene rings is 1. The van der Waals surface area contributed by atoms with Crippen LogP contribution in [0.4, 0.5) is 11.6 Å². The van der Waals surface area contributed by atoms with Crippen LogP contribution in [0.15, 0.2) is 30.3 Å². The number of nitrogens with zero attached hydrogens (tertiary/aromatic N) is 3. The molecule has 0 amide bonds. The Morgan fingerprint density at radius 3 is 2.57 bits per heavy atom. The number of aryl methyl sites for hydroxylation is 1. The third-order valence-electron chi connectivity index (χ3n) is 3.01. The predicted molar refractivity (Wildman–Crippen MR) is 85.5 cm³/mol. The van der Waals surface area contributed by atoms with Crippen LogP contribution < -0.4 is 15.4 Å². The number of hydrogen-bond donors (Lipinski definition) is 1. The quantitative estimate of drug-likeness (QED) is 0.827. The molecule has 2 N–H and O–H groups in total. The van der Waals surface area contributed by atoms with Crippen molar-refractivity contribution < 1.29 is 4.74 Å². The van der Waals surface area contributed by atoms with E-state index in [1.807, 2.05) is 49.2 Å². The van der Waals surface area contributed by atoms with E-state index < -0.39 is 0 Å². The Kier molecular flexibility index (Phi) is 4.98. The molecule has 0 aliphatic carbocycles. The second-order valence-electron chi connectivity index (χ2n) is 5.09. The van der Waals surface area contributed by atoms with Gasteiger partial charge in [-0.1, -0.05) is 19.1 Å². The number of anilines is 2. The summed E-state index contributed by atoms with van der Waals surface area (Å²) in [7, 11) is 1.97. The Hall–Kier alpha value is -2.30. The van der Waals surface area contributed by atoms with Gasteiger partial charge < -0.3 is 15.4 Å². The molecule has 1 aromatic carbocycles. The fraction of sp³-hybridized carbons (Fsp3) is 0.375. The molecule has 1 aromatic heterocycles. The zero-order chi connectivity index (χ0) is 15.2. The van der Waals surface area contributed by atoms with E-state index in [0.717, 1.165) is 29.9 Å². The number of aromatic nitrogens is 2. The van der Waals surface area contributed by atoms with Crippen molar-refractivity contribution in [1.29, 1.82) is 0 Å². The topological polar surface area (TPSA) is 64.3 Å². The molecule has 0 spiro atoms. The lowest BCUT2D eigenvalue weighted by atomic mass is 10.2. The maximum Gasteiger partial charge on any atom is 0.228 e. The van der Waals surface area contributed by atoms with Crippen molar-refractivity contribution in [2.24, 2.45) is 0 Å². The molecule has 21 heavy (non-hydrogen) atoms. The van der Waals surface area contributed by atoms with E-state index >= 15 is 0 Å². The average Bonchev–Trinajstić information content (AvgIpc) is 2.47. The van der Waals surface area contributed by atoms with Gasteiger partial charge in [0, 0.05) is 31.0 Å². The summed E-state index contributed by atoms with van der Waals surface area (Å²) in [4.78, 5) is 10.9. The van der Waals surface area contributed by atoms with E-state index in [1.165, 1.54) is 0 Å². The van der Waals surface area contributed by atoms with E-state index in [-0.39, 0.29) is 0 Å². The van der Waals surface area contributed by atoms with Crippen molar-refractivity contribution in [2.45, 2.75) is 26.8 Å². The molecule has 0 bridgehead atoms. The molecule has 0 atom stereocenters. The summed E-state index contributed by atoms with van der Waals surface area (Å²) < 4.78 is 5.60. The standard InChI is InChI=1S/C16H22N4O/c1-4-9-21-15-10-12(2)18-16(19-15)20(3)11-13-5-7-14(17)8-6-13/h5-8,10H,4,9,11,17H2,1-3H3. The van der Waals surface area contributed by atoms with Gasteiger partial charge >= 0.3 is 0 Å². The second-order valence-corrected chi connectivity index (χ2v) is 5.09. The van der Waals surface area contributed by atoms with E-state index in [1.54, 1.807) is 0 Å². The molecule has 0 aliphatic rings. The zero-order valence-electron chi connectivity index (χ0n) is 12.8. The van der Waals surface area contributed by atoms with Crippen LogP contribution >= 0.6 is 0 Å². The van der Waals surface area contributed by atoms with Crippen LogP contribution in [0, 0.1) is 6.92 Å². The summed E-state index contributed by atoms with van der Waals surface area (Å²) in [6, 6.07) is 9.68. The van der Waals surface area contributed by atoms with Crippen molar-refractivity contribution in [3.63, 3.8) is 0 Å². The van der Waals surface area contributed by atoms with Gasteiger partial charge in [-0.2, -0.15) is 4.98 Å². The predicted octanol–water partition coefficient (Wildman–Crippen LogP) is 2.79. The van der Waals surface area contributed by atoms with E-state index in [9.17, 15) is 0 Å². The third-order valence-corrected chi connectivity index (χ3v) is 3.01. The summed E-state index contributed by atoms with van der Waals surface area (Å²) in [5, 5.41) is 0. The highest BCUT2D eigenvalue weighted by Gasteiger charge is 2.09. The first-order valence-electron chi connectivity index (χ1n) is 7.12. The molecule has 2 aromatic rings.